The van der Waals surface area contributed by atoms with Crippen LogP contribution < -0.4 is 5.73 Å². The minimum Gasteiger partial charge on any atom is -0.480 e. The molecule has 0 saturated carbocycles. The van der Waals surface area contributed by atoms with Gasteiger partial charge in [0.05, 0.1) is 13.2 Å². The molecule has 0 saturated heterocycles. The summed E-state index contributed by atoms with van der Waals surface area (Å²) in [6.07, 6.45) is 43.2. The molecule has 0 radical (unpaired) electrons. The summed E-state index contributed by atoms with van der Waals surface area (Å²) < 4.78 is 32.6. The van der Waals surface area contributed by atoms with Crippen molar-refractivity contribution in [1.82, 2.24) is 0 Å². The number of aliphatic carboxylic acids is 1. The lowest BCUT2D eigenvalue weighted by molar-refractivity contribution is -0.161. The Hall–Kier alpha value is -2.56. The molecule has 3 atom stereocenters. The third kappa shape index (κ3) is 38.3. The van der Waals surface area contributed by atoms with Crippen molar-refractivity contribution in [2.45, 2.75) is 193 Å². The van der Waals surface area contributed by atoms with E-state index < -0.39 is 51.1 Å². The van der Waals surface area contributed by atoms with Crippen LogP contribution in [0.1, 0.15) is 181 Å². The molecule has 0 aromatic rings. The highest BCUT2D eigenvalue weighted by atomic mass is 31.2. The van der Waals surface area contributed by atoms with Crippen LogP contribution in [0, 0.1) is 0 Å². The highest BCUT2D eigenvalue weighted by molar-refractivity contribution is 7.47. The van der Waals surface area contributed by atoms with Gasteiger partial charge in [0.15, 0.2) is 6.10 Å². The number of ether oxygens (including phenoxy) is 2. The molecule has 0 aromatic heterocycles. The van der Waals surface area contributed by atoms with E-state index in [0.29, 0.717) is 19.3 Å². The van der Waals surface area contributed by atoms with Crippen LogP contribution in [0.15, 0.2) is 48.6 Å². The van der Waals surface area contributed by atoms with Crippen LogP contribution in [-0.4, -0.2) is 59.9 Å². The normalized spacial score (nSPS) is 14.2. The number of hydrogen-bond donors (Lipinski definition) is 3. The SMILES string of the molecule is CCCCC/C=C\C/C=C\C/C=C\C/C=C\CCCC(=O)OC[C@H](COP(=O)(O)OC[C@H](N)C(=O)O)OC(=O)CCCCCCCCCCCCCCCCC. The van der Waals surface area contributed by atoms with Crippen LogP contribution >= 0.6 is 7.82 Å². The van der Waals surface area contributed by atoms with Crippen LogP contribution in [-0.2, 0) is 37.5 Å². The summed E-state index contributed by atoms with van der Waals surface area (Å²) in [4.78, 5) is 45.9. The Morgan fingerprint density at radius 1 is 0.554 bits per heavy atom. The number of nitrogens with two attached hydrogens (primary N) is 1. The van der Waals surface area contributed by atoms with Gasteiger partial charge in [0, 0.05) is 12.8 Å². The van der Waals surface area contributed by atoms with Crippen molar-refractivity contribution < 1.29 is 47.5 Å². The van der Waals surface area contributed by atoms with E-state index in [2.05, 4.69) is 60.9 Å². The van der Waals surface area contributed by atoms with Gasteiger partial charge >= 0.3 is 25.7 Å². The van der Waals surface area contributed by atoms with Gasteiger partial charge < -0.3 is 25.2 Å². The van der Waals surface area contributed by atoms with Crippen LogP contribution in [0.2, 0.25) is 0 Å². The molecule has 12 heteroatoms. The minimum absolute atomic E-state index is 0.146. The lowest BCUT2D eigenvalue weighted by atomic mass is 10.0. The second kappa shape index (κ2) is 39.3. The van der Waals surface area contributed by atoms with E-state index in [1.165, 1.54) is 89.9 Å². The molecular weight excluding hydrogens is 733 g/mol. The fourth-order valence-electron chi connectivity index (χ4n) is 5.65. The number of rotatable bonds is 40. The molecule has 0 aliphatic heterocycles. The Morgan fingerprint density at radius 2 is 0.964 bits per heavy atom. The number of unbranched alkanes of at least 4 members (excludes halogenated alkanes) is 18. The maximum absolute atomic E-state index is 12.6. The Morgan fingerprint density at radius 3 is 1.46 bits per heavy atom. The molecule has 0 aromatic carbocycles. The van der Waals surface area contributed by atoms with Crippen molar-refractivity contribution in [2.75, 3.05) is 19.8 Å². The predicted octanol–water partition coefficient (Wildman–Crippen LogP) is 11.4. The number of phosphoric ester groups is 1. The van der Waals surface area contributed by atoms with E-state index in [1.54, 1.807) is 0 Å². The van der Waals surface area contributed by atoms with E-state index in [0.717, 1.165) is 44.9 Å². The Balaban J connectivity index is 4.45. The summed E-state index contributed by atoms with van der Waals surface area (Å²) in [6, 6.07) is -1.53. The second-order valence-electron chi connectivity index (χ2n) is 14.5. The van der Waals surface area contributed by atoms with Gasteiger partial charge in [-0.05, 0) is 51.4 Å². The Labute approximate surface area is 339 Å². The van der Waals surface area contributed by atoms with E-state index in [4.69, 9.17) is 24.8 Å². The standard InChI is InChI=1S/C44H78NO10P/c1-3-5-7-9-11-13-15-17-19-20-22-23-25-27-29-31-33-35-42(46)52-37-40(38-53-56(50,51)54-39-41(45)44(48)49)55-43(47)36-34-32-30-28-26-24-21-18-16-14-12-10-8-6-4-2/h11,13,17,19,22-23,27,29,40-41H,3-10,12,14-16,18,20-21,24-26,28,30-39,45H2,1-2H3,(H,48,49)(H,50,51)/b13-11-,19-17-,23-22-,29-27-/t40-,41+/m1/s1. The number of carboxylic acids is 1. The number of hydrogen-bond acceptors (Lipinski definition) is 9. The molecule has 0 fully saturated rings. The lowest BCUT2D eigenvalue weighted by Crippen LogP contribution is -2.34. The molecule has 0 aliphatic carbocycles. The Bertz CT molecular complexity index is 1140. The molecule has 324 valence electrons. The summed E-state index contributed by atoms with van der Waals surface area (Å²) in [5.74, 6) is -2.45. The number of carbonyl (C=O) groups is 3. The summed E-state index contributed by atoms with van der Waals surface area (Å²) in [5.41, 5.74) is 5.33. The number of esters is 2. The number of allylic oxidation sites excluding steroid dienone is 8. The summed E-state index contributed by atoms with van der Waals surface area (Å²) in [7, 11) is -4.73. The average Bonchev–Trinajstić information content (AvgIpc) is 3.17. The summed E-state index contributed by atoms with van der Waals surface area (Å²) >= 11 is 0. The molecule has 56 heavy (non-hydrogen) atoms. The van der Waals surface area contributed by atoms with Crippen LogP contribution in [0.25, 0.3) is 0 Å². The van der Waals surface area contributed by atoms with E-state index in [9.17, 15) is 23.8 Å². The van der Waals surface area contributed by atoms with Crippen molar-refractivity contribution in [3.05, 3.63) is 48.6 Å². The molecule has 0 rings (SSSR count). The van der Waals surface area contributed by atoms with Crippen molar-refractivity contribution in [3.63, 3.8) is 0 Å². The zero-order valence-electron chi connectivity index (χ0n) is 35.0. The number of carbonyl (C=O) groups excluding carboxylic acids is 2. The molecule has 1 unspecified atom stereocenters. The zero-order chi connectivity index (χ0) is 41.4. The average molecular weight is 812 g/mol. The van der Waals surface area contributed by atoms with Crippen molar-refractivity contribution in [3.8, 4) is 0 Å². The van der Waals surface area contributed by atoms with Crippen molar-refractivity contribution >= 4 is 25.7 Å². The van der Waals surface area contributed by atoms with Gasteiger partial charge in [-0.1, -0.05) is 165 Å². The van der Waals surface area contributed by atoms with E-state index in [1.807, 2.05) is 6.08 Å². The van der Waals surface area contributed by atoms with Gasteiger partial charge in [-0.3, -0.25) is 23.4 Å². The minimum atomic E-state index is -4.73. The highest BCUT2D eigenvalue weighted by Crippen LogP contribution is 2.43. The van der Waals surface area contributed by atoms with Crippen molar-refractivity contribution in [1.29, 1.82) is 0 Å². The summed E-state index contributed by atoms with van der Waals surface area (Å²) in [6.45, 7) is 2.72. The number of carboxylic acid groups (broad SMARTS) is 1. The van der Waals surface area contributed by atoms with Crippen LogP contribution in [0.4, 0.5) is 0 Å². The maximum atomic E-state index is 12.6. The van der Waals surface area contributed by atoms with Crippen LogP contribution in [0.5, 0.6) is 0 Å². The largest absolute Gasteiger partial charge is 0.480 e. The predicted molar refractivity (Wildman–Crippen MR) is 226 cm³/mol. The molecule has 0 heterocycles. The quantitative estimate of drug-likeness (QED) is 0.0233. The van der Waals surface area contributed by atoms with Gasteiger partial charge in [-0.25, -0.2) is 4.57 Å². The van der Waals surface area contributed by atoms with Crippen molar-refractivity contribution in [2.24, 2.45) is 5.73 Å². The topological polar surface area (TPSA) is 172 Å². The maximum Gasteiger partial charge on any atom is 0.472 e. The van der Waals surface area contributed by atoms with Gasteiger partial charge in [0.2, 0.25) is 0 Å². The number of phosphoric acid groups is 1. The third-order valence-corrected chi connectivity index (χ3v) is 10.0. The first-order chi connectivity index (χ1) is 27.1. The molecule has 0 aliphatic rings. The van der Waals surface area contributed by atoms with E-state index in [-0.39, 0.29) is 19.4 Å². The first-order valence-electron chi connectivity index (χ1n) is 21.7. The smallest absolute Gasteiger partial charge is 0.472 e. The summed E-state index contributed by atoms with van der Waals surface area (Å²) in [5, 5.41) is 8.88. The molecular formula is C44H78NO10P. The first-order valence-corrected chi connectivity index (χ1v) is 23.2. The first kappa shape index (κ1) is 53.4. The molecule has 4 N–H and O–H groups in total. The molecule has 11 nitrogen and oxygen atoms in total. The van der Waals surface area contributed by atoms with Gasteiger partial charge in [-0.2, -0.15) is 0 Å². The third-order valence-electron chi connectivity index (χ3n) is 9.08. The van der Waals surface area contributed by atoms with Gasteiger partial charge in [-0.15, -0.1) is 0 Å². The fourth-order valence-corrected chi connectivity index (χ4v) is 6.42. The lowest BCUT2D eigenvalue weighted by Gasteiger charge is -2.20. The van der Waals surface area contributed by atoms with Crippen LogP contribution in [0.3, 0.4) is 0 Å². The molecule has 0 spiro atoms. The fraction of sp³-hybridized carbons (Fsp3) is 0.750. The second-order valence-corrected chi connectivity index (χ2v) is 15.9. The van der Waals surface area contributed by atoms with Gasteiger partial charge in [0.1, 0.15) is 12.6 Å². The Kier molecular flexibility index (Phi) is 37.5. The molecule has 0 bridgehead atoms. The highest BCUT2D eigenvalue weighted by Gasteiger charge is 2.28. The molecule has 0 amide bonds. The van der Waals surface area contributed by atoms with E-state index >= 15 is 0 Å². The monoisotopic (exact) mass is 812 g/mol. The zero-order valence-corrected chi connectivity index (χ0v) is 35.9. The van der Waals surface area contributed by atoms with Gasteiger partial charge in [0.25, 0.3) is 0 Å².